The lowest BCUT2D eigenvalue weighted by Crippen LogP contribution is -2.23. The smallest absolute Gasteiger partial charge is 0.0200 e. The van der Waals surface area contributed by atoms with Gasteiger partial charge in [0.25, 0.3) is 0 Å². The highest BCUT2D eigenvalue weighted by atomic mass is 14.9. The Balaban J connectivity index is 3.22. The van der Waals surface area contributed by atoms with Crippen LogP contribution < -0.4 is 11.1 Å². The molecule has 0 aliphatic rings. The summed E-state index contributed by atoms with van der Waals surface area (Å²) in [5, 5.41) is 3.14. The maximum Gasteiger partial charge on any atom is 0.0200 e. The SMILES string of the molecule is C=C(/C=C\C)CNCCN. The Kier molecular flexibility index (Phi) is 6.13. The zero-order valence-corrected chi connectivity index (χ0v) is 6.56. The molecular formula is C8H16N2. The maximum atomic E-state index is 5.28. The van der Waals surface area contributed by atoms with Crippen LogP contribution in [0.25, 0.3) is 0 Å². The van der Waals surface area contributed by atoms with E-state index in [2.05, 4.69) is 11.9 Å². The molecule has 0 aromatic carbocycles. The van der Waals surface area contributed by atoms with Crippen LogP contribution in [0.2, 0.25) is 0 Å². The molecule has 2 nitrogen and oxygen atoms in total. The molecule has 10 heavy (non-hydrogen) atoms. The zero-order valence-electron chi connectivity index (χ0n) is 6.56. The Morgan fingerprint density at radius 2 is 2.40 bits per heavy atom. The Hall–Kier alpha value is -0.600. The number of nitrogens with one attached hydrogen (secondary N) is 1. The van der Waals surface area contributed by atoms with E-state index in [1.807, 2.05) is 19.1 Å². The van der Waals surface area contributed by atoms with Crippen molar-refractivity contribution in [2.45, 2.75) is 6.92 Å². The first-order valence-corrected chi connectivity index (χ1v) is 3.52. The minimum atomic E-state index is 0.684. The van der Waals surface area contributed by atoms with Crippen molar-refractivity contribution in [3.8, 4) is 0 Å². The van der Waals surface area contributed by atoms with Gasteiger partial charge in [0.05, 0.1) is 0 Å². The first-order chi connectivity index (χ1) is 4.81. The first-order valence-electron chi connectivity index (χ1n) is 3.52. The van der Waals surface area contributed by atoms with Crippen molar-refractivity contribution in [2.24, 2.45) is 5.73 Å². The van der Waals surface area contributed by atoms with E-state index in [-0.39, 0.29) is 0 Å². The van der Waals surface area contributed by atoms with Crippen LogP contribution in [0.15, 0.2) is 24.3 Å². The van der Waals surface area contributed by atoms with Crippen molar-refractivity contribution in [1.29, 1.82) is 0 Å². The van der Waals surface area contributed by atoms with Gasteiger partial charge in [-0.25, -0.2) is 0 Å². The molecule has 0 fully saturated rings. The third kappa shape index (κ3) is 5.54. The summed E-state index contributed by atoms with van der Waals surface area (Å²) in [5.41, 5.74) is 6.37. The Morgan fingerprint density at radius 3 is 2.90 bits per heavy atom. The van der Waals surface area contributed by atoms with E-state index in [1.165, 1.54) is 0 Å². The first kappa shape index (κ1) is 9.40. The molecule has 3 N–H and O–H groups in total. The summed E-state index contributed by atoms with van der Waals surface area (Å²) in [6, 6.07) is 0. The third-order valence-corrected chi connectivity index (χ3v) is 1.08. The molecule has 0 atom stereocenters. The van der Waals surface area contributed by atoms with Gasteiger partial charge in [-0.05, 0) is 12.5 Å². The van der Waals surface area contributed by atoms with Crippen LogP contribution in [0, 0.1) is 0 Å². The second-order valence-electron chi connectivity index (χ2n) is 2.12. The Labute approximate surface area is 62.8 Å². The van der Waals surface area contributed by atoms with Gasteiger partial charge in [0.2, 0.25) is 0 Å². The summed E-state index contributed by atoms with van der Waals surface area (Å²) in [6.45, 7) is 8.18. The van der Waals surface area contributed by atoms with Crippen molar-refractivity contribution >= 4 is 0 Å². The van der Waals surface area contributed by atoms with Crippen LogP contribution in [-0.4, -0.2) is 19.6 Å². The average molecular weight is 140 g/mol. The lowest BCUT2D eigenvalue weighted by Gasteiger charge is -2.00. The predicted molar refractivity (Wildman–Crippen MR) is 45.9 cm³/mol. The summed E-state index contributed by atoms with van der Waals surface area (Å²) in [4.78, 5) is 0. The molecule has 2 heteroatoms. The monoisotopic (exact) mass is 140 g/mol. The van der Waals surface area contributed by atoms with Crippen LogP contribution >= 0.6 is 0 Å². The highest BCUT2D eigenvalue weighted by molar-refractivity contribution is 5.14. The molecule has 0 aliphatic heterocycles. The quantitative estimate of drug-likeness (QED) is 0.435. The van der Waals surface area contributed by atoms with Crippen LogP contribution in [0.1, 0.15) is 6.92 Å². The Bertz CT molecular complexity index is 116. The molecule has 0 amide bonds. The number of rotatable bonds is 5. The Morgan fingerprint density at radius 1 is 1.70 bits per heavy atom. The third-order valence-electron chi connectivity index (χ3n) is 1.08. The normalized spacial score (nSPS) is 10.6. The van der Waals surface area contributed by atoms with Gasteiger partial charge in [-0.1, -0.05) is 18.7 Å². The maximum absolute atomic E-state index is 5.28. The fourth-order valence-electron chi connectivity index (χ4n) is 0.646. The molecule has 0 radical (unpaired) electrons. The second-order valence-corrected chi connectivity index (χ2v) is 2.12. The number of hydrogen-bond acceptors (Lipinski definition) is 2. The largest absolute Gasteiger partial charge is 0.329 e. The highest BCUT2D eigenvalue weighted by Gasteiger charge is 1.85. The van der Waals surface area contributed by atoms with Crippen LogP contribution in [0.3, 0.4) is 0 Å². The molecule has 0 aromatic rings. The molecule has 0 aromatic heterocycles. The summed E-state index contributed by atoms with van der Waals surface area (Å²) >= 11 is 0. The van der Waals surface area contributed by atoms with Gasteiger partial charge in [-0.15, -0.1) is 0 Å². The fourth-order valence-corrected chi connectivity index (χ4v) is 0.646. The minimum absolute atomic E-state index is 0.684. The van der Waals surface area contributed by atoms with Gasteiger partial charge in [0.1, 0.15) is 0 Å². The molecule has 0 unspecified atom stereocenters. The summed E-state index contributed by atoms with van der Waals surface area (Å²) in [7, 11) is 0. The van der Waals surface area contributed by atoms with E-state index in [4.69, 9.17) is 5.73 Å². The number of hydrogen-bond donors (Lipinski definition) is 2. The predicted octanol–water partition coefficient (Wildman–Crippen LogP) is 0.667. The van der Waals surface area contributed by atoms with E-state index in [0.29, 0.717) is 6.54 Å². The summed E-state index contributed by atoms with van der Waals surface area (Å²) in [6.07, 6.45) is 3.97. The molecule has 0 aliphatic carbocycles. The van der Waals surface area contributed by atoms with E-state index >= 15 is 0 Å². The van der Waals surface area contributed by atoms with Crippen molar-refractivity contribution in [2.75, 3.05) is 19.6 Å². The summed E-state index contributed by atoms with van der Waals surface area (Å²) < 4.78 is 0. The molecular weight excluding hydrogens is 124 g/mol. The van der Waals surface area contributed by atoms with Gasteiger partial charge in [-0.2, -0.15) is 0 Å². The molecule has 0 rings (SSSR count). The van der Waals surface area contributed by atoms with Gasteiger partial charge < -0.3 is 11.1 Å². The lowest BCUT2D eigenvalue weighted by atomic mass is 10.3. The highest BCUT2D eigenvalue weighted by Crippen LogP contribution is 1.88. The van der Waals surface area contributed by atoms with Crippen LogP contribution in [-0.2, 0) is 0 Å². The number of allylic oxidation sites excluding steroid dienone is 1. The van der Waals surface area contributed by atoms with Gasteiger partial charge >= 0.3 is 0 Å². The molecule has 0 spiro atoms. The molecule has 0 saturated carbocycles. The molecule has 0 heterocycles. The van der Waals surface area contributed by atoms with E-state index in [0.717, 1.165) is 18.7 Å². The van der Waals surface area contributed by atoms with Gasteiger partial charge in [0, 0.05) is 19.6 Å². The van der Waals surface area contributed by atoms with E-state index in [9.17, 15) is 0 Å². The van der Waals surface area contributed by atoms with Crippen molar-refractivity contribution in [3.05, 3.63) is 24.3 Å². The number of nitrogens with two attached hydrogens (primary N) is 1. The van der Waals surface area contributed by atoms with E-state index in [1.54, 1.807) is 0 Å². The minimum Gasteiger partial charge on any atom is -0.329 e. The van der Waals surface area contributed by atoms with Crippen molar-refractivity contribution < 1.29 is 0 Å². The van der Waals surface area contributed by atoms with Gasteiger partial charge in [-0.3, -0.25) is 0 Å². The summed E-state index contributed by atoms with van der Waals surface area (Å²) in [5.74, 6) is 0. The second kappa shape index (κ2) is 6.52. The van der Waals surface area contributed by atoms with Crippen LogP contribution in [0.4, 0.5) is 0 Å². The van der Waals surface area contributed by atoms with Crippen molar-refractivity contribution in [1.82, 2.24) is 5.32 Å². The molecule has 0 saturated heterocycles. The fraction of sp³-hybridized carbons (Fsp3) is 0.500. The molecule has 0 bridgehead atoms. The average Bonchev–Trinajstić information content (AvgIpc) is 1.89. The van der Waals surface area contributed by atoms with Crippen molar-refractivity contribution in [3.63, 3.8) is 0 Å². The zero-order chi connectivity index (χ0) is 7.82. The topological polar surface area (TPSA) is 38.0 Å². The van der Waals surface area contributed by atoms with Gasteiger partial charge in [0.15, 0.2) is 0 Å². The van der Waals surface area contributed by atoms with Crippen LogP contribution in [0.5, 0.6) is 0 Å². The standard InChI is InChI=1S/C8H16N2/c1-3-4-8(2)7-10-6-5-9/h3-4,10H,2,5-7,9H2,1H3/b4-3-. The van der Waals surface area contributed by atoms with E-state index < -0.39 is 0 Å². The lowest BCUT2D eigenvalue weighted by molar-refractivity contribution is 0.744. The molecule has 58 valence electrons.